The third-order valence-corrected chi connectivity index (χ3v) is 9.16. The van der Waals surface area contributed by atoms with E-state index in [1.807, 2.05) is 6.08 Å². The van der Waals surface area contributed by atoms with E-state index in [9.17, 15) is 19.0 Å². The summed E-state index contributed by atoms with van der Waals surface area (Å²) in [5.74, 6) is -0.918. The summed E-state index contributed by atoms with van der Waals surface area (Å²) >= 11 is 0. The smallest absolute Gasteiger partial charge is 0.462 e. The molecule has 0 aliphatic carbocycles. The summed E-state index contributed by atoms with van der Waals surface area (Å²) < 4.78 is 32.5. The van der Waals surface area contributed by atoms with Gasteiger partial charge in [0.1, 0.15) is 6.61 Å². The highest BCUT2D eigenvalue weighted by Gasteiger charge is 2.25. The van der Waals surface area contributed by atoms with Gasteiger partial charge in [-0.2, -0.15) is 0 Å². The van der Waals surface area contributed by atoms with Crippen molar-refractivity contribution >= 4 is 19.8 Å². The summed E-state index contributed by atoms with van der Waals surface area (Å²) in [7, 11) is -4.39. The van der Waals surface area contributed by atoms with E-state index < -0.39 is 32.5 Å². The summed E-state index contributed by atoms with van der Waals surface area (Å²) in [6, 6.07) is 0. The summed E-state index contributed by atoms with van der Waals surface area (Å²) in [5.41, 5.74) is 5.32. The van der Waals surface area contributed by atoms with E-state index in [-0.39, 0.29) is 32.6 Å². The first-order chi connectivity index (χ1) is 27.8. The normalized spacial score (nSPS) is 14.4. The Bertz CT molecular complexity index is 1290. The van der Waals surface area contributed by atoms with Crippen molar-refractivity contribution in [2.75, 3.05) is 26.4 Å². The summed E-state index contributed by atoms with van der Waals surface area (Å²) in [4.78, 5) is 34.6. The highest BCUT2D eigenvalue weighted by molar-refractivity contribution is 7.47. The molecule has 0 aromatic carbocycles. The van der Waals surface area contributed by atoms with Gasteiger partial charge in [-0.05, 0) is 77.0 Å². The van der Waals surface area contributed by atoms with Crippen molar-refractivity contribution < 1.29 is 37.6 Å². The molecule has 57 heavy (non-hydrogen) atoms. The highest BCUT2D eigenvalue weighted by atomic mass is 31.2. The minimum atomic E-state index is -4.39. The number of ether oxygens (including phenoxy) is 2. The van der Waals surface area contributed by atoms with Gasteiger partial charge >= 0.3 is 19.8 Å². The van der Waals surface area contributed by atoms with E-state index >= 15 is 0 Å². The maximum atomic E-state index is 12.5. The monoisotopic (exact) mass is 814 g/mol. The highest BCUT2D eigenvalue weighted by Crippen LogP contribution is 2.43. The Morgan fingerprint density at radius 1 is 0.544 bits per heavy atom. The average molecular weight is 814 g/mol. The van der Waals surface area contributed by atoms with E-state index in [0.29, 0.717) is 12.8 Å². The van der Waals surface area contributed by atoms with Gasteiger partial charge in [0.05, 0.1) is 13.2 Å². The van der Waals surface area contributed by atoms with Crippen LogP contribution in [0, 0.1) is 0 Å². The predicted molar refractivity (Wildman–Crippen MR) is 238 cm³/mol. The van der Waals surface area contributed by atoms with Crippen LogP contribution in [0.15, 0.2) is 109 Å². The van der Waals surface area contributed by atoms with E-state index in [0.717, 1.165) is 83.5 Å². The maximum absolute atomic E-state index is 12.5. The minimum absolute atomic E-state index is 0.0386. The van der Waals surface area contributed by atoms with Gasteiger partial charge in [-0.3, -0.25) is 18.6 Å². The molecule has 3 N–H and O–H groups in total. The Morgan fingerprint density at radius 2 is 0.965 bits per heavy atom. The van der Waals surface area contributed by atoms with Crippen LogP contribution in [0.25, 0.3) is 0 Å². The molecule has 0 aliphatic rings. The minimum Gasteiger partial charge on any atom is -0.462 e. The molecule has 10 heteroatoms. The molecule has 0 aromatic heterocycles. The first-order valence-electron chi connectivity index (χ1n) is 21.4. The van der Waals surface area contributed by atoms with Crippen LogP contribution in [0.2, 0.25) is 0 Å². The molecule has 0 spiro atoms. The third-order valence-electron chi connectivity index (χ3n) is 8.17. The van der Waals surface area contributed by atoms with Crippen LogP contribution in [-0.4, -0.2) is 49.3 Å². The topological polar surface area (TPSA) is 134 Å². The van der Waals surface area contributed by atoms with Gasteiger partial charge in [-0.15, -0.1) is 0 Å². The molecule has 0 amide bonds. The zero-order valence-electron chi connectivity index (χ0n) is 35.3. The zero-order chi connectivity index (χ0) is 41.8. The lowest BCUT2D eigenvalue weighted by Crippen LogP contribution is -2.29. The fraction of sp³-hybridized carbons (Fsp3) is 0.574. The van der Waals surface area contributed by atoms with Gasteiger partial charge in [-0.1, -0.05) is 162 Å². The van der Waals surface area contributed by atoms with Crippen molar-refractivity contribution in [3.63, 3.8) is 0 Å². The van der Waals surface area contributed by atoms with E-state index in [1.54, 1.807) is 0 Å². The van der Waals surface area contributed by atoms with E-state index in [1.165, 1.54) is 19.3 Å². The number of allylic oxidation sites excluding steroid dienone is 18. The van der Waals surface area contributed by atoms with Crippen LogP contribution in [0.4, 0.5) is 0 Å². The molecule has 0 saturated carbocycles. The number of unbranched alkanes of at least 4 members (excludes halogenated alkanes) is 7. The van der Waals surface area contributed by atoms with Crippen LogP contribution in [-0.2, 0) is 32.7 Å². The van der Waals surface area contributed by atoms with Gasteiger partial charge < -0.3 is 20.1 Å². The number of rotatable bonds is 38. The fourth-order valence-corrected chi connectivity index (χ4v) is 5.81. The number of phosphoric acid groups is 1. The standard InChI is InChI=1S/C47H76NO8P/c1-3-5-7-9-11-12-13-14-15-16-17-18-19-20-21-22-23-24-25-26-27-28-29-30-31-32-34-36-38-40-47(50)56-45(44-55-57(51,52)54-42-41-48)43-53-46(49)39-37-35-33-10-8-6-4-2/h5,7,11-12,14-15,17-18,20-21,23-24,26-27,29-30,32,34,45H,3-4,6,8-10,13,16,19,22,25,28,31,33,35-44,48H2,1-2H3,(H,51,52)/b7-5-,12-11-,15-14-,18-17-,21-20-,24-23-,27-26-,30-29-,34-32-. The molecule has 0 fully saturated rings. The largest absolute Gasteiger partial charge is 0.472 e. The fourth-order valence-electron chi connectivity index (χ4n) is 5.05. The second-order valence-corrected chi connectivity index (χ2v) is 14.9. The number of phosphoric ester groups is 1. The molecule has 0 rings (SSSR count). The van der Waals surface area contributed by atoms with Crippen molar-refractivity contribution in [2.45, 2.75) is 148 Å². The number of carbonyl (C=O) groups excluding carboxylic acids is 2. The molecule has 2 atom stereocenters. The second-order valence-electron chi connectivity index (χ2n) is 13.5. The molecule has 9 nitrogen and oxygen atoms in total. The molecule has 0 aliphatic heterocycles. The molecule has 0 radical (unpaired) electrons. The Hall–Kier alpha value is -3.33. The predicted octanol–water partition coefficient (Wildman–Crippen LogP) is 12.4. The Labute approximate surface area is 346 Å². The molecular weight excluding hydrogens is 737 g/mol. The van der Waals surface area contributed by atoms with E-state index in [4.69, 9.17) is 24.3 Å². The lowest BCUT2D eigenvalue weighted by atomic mass is 10.1. The Morgan fingerprint density at radius 3 is 1.42 bits per heavy atom. The average Bonchev–Trinajstić information content (AvgIpc) is 3.20. The van der Waals surface area contributed by atoms with Crippen LogP contribution < -0.4 is 5.73 Å². The van der Waals surface area contributed by atoms with Gasteiger partial charge in [0.2, 0.25) is 0 Å². The van der Waals surface area contributed by atoms with Gasteiger partial charge in [0, 0.05) is 19.4 Å². The van der Waals surface area contributed by atoms with Crippen molar-refractivity contribution in [3.8, 4) is 0 Å². The molecule has 0 bridgehead atoms. The number of hydrogen-bond donors (Lipinski definition) is 2. The molecule has 0 saturated heterocycles. The number of esters is 2. The Kier molecular flexibility index (Phi) is 39.8. The third kappa shape index (κ3) is 42.1. The van der Waals surface area contributed by atoms with Gasteiger partial charge in [0.15, 0.2) is 6.10 Å². The van der Waals surface area contributed by atoms with Crippen molar-refractivity contribution in [1.82, 2.24) is 0 Å². The number of nitrogens with two attached hydrogens (primary N) is 1. The quantitative estimate of drug-likeness (QED) is 0.0270. The lowest BCUT2D eigenvalue weighted by molar-refractivity contribution is -0.161. The van der Waals surface area contributed by atoms with Crippen LogP contribution in [0.5, 0.6) is 0 Å². The molecule has 0 aromatic rings. The van der Waals surface area contributed by atoms with Crippen LogP contribution >= 0.6 is 7.82 Å². The number of carbonyl (C=O) groups is 2. The summed E-state index contributed by atoms with van der Waals surface area (Å²) in [5, 5.41) is 0. The summed E-state index contributed by atoms with van der Waals surface area (Å²) in [6.45, 7) is 3.46. The van der Waals surface area contributed by atoms with Crippen molar-refractivity contribution in [3.05, 3.63) is 109 Å². The van der Waals surface area contributed by atoms with E-state index in [2.05, 4.69) is 117 Å². The van der Waals surface area contributed by atoms with Gasteiger partial charge in [-0.25, -0.2) is 4.57 Å². The molecule has 0 heterocycles. The first-order valence-corrected chi connectivity index (χ1v) is 22.9. The van der Waals surface area contributed by atoms with Crippen LogP contribution in [0.3, 0.4) is 0 Å². The second kappa shape index (κ2) is 42.3. The van der Waals surface area contributed by atoms with Gasteiger partial charge in [0.25, 0.3) is 0 Å². The van der Waals surface area contributed by atoms with Crippen molar-refractivity contribution in [1.29, 1.82) is 0 Å². The molecule has 2 unspecified atom stereocenters. The SMILES string of the molecule is CC/C=C\C/C=C\C/C=C\C/C=C\C/C=C\C/C=C\C/C=C\C/C=C\C/C=C\CCCC(=O)OC(COC(=O)CCCCCCCCC)COP(=O)(O)OCCN. The molecular formula is C47H76NO8P. The first kappa shape index (κ1) is 53.7. The number of hydrogen-bond acceptors (Lipinski definition) is 8. The Balaban J connectivity index is 4.19. The lowest BCUT2D eigenvalue weighted by Gasteiger charge is -2.19. The maximum Gasteiger partial charge on any atom is 0.472 e. The zero-order valence-corrected chi connectivity index (χ0v) is 36.2. The van der Waals surface area contributed by atoms with Crippen molar-refractivity contribution in [2.24, 2.45) is 5.73 Å². The molecule has 322 valence electrons. The summed E-state index contributed by atoms with van der Waals surface area (Å²) in [6.07, 6.45) is 55.9. The van der Waals surface area contributed by atoms with Crippen LogP contribution in [0.1, 0.15) is 142 Å².